The monoisotopic (exact) mass is 296 g/mol. The fourth-order valence-electron chi connectivity index (χ4n) is 1.91. The standard InChI is InChI=1S/C13H17BrN2O/c1-9(2)5-6-16-12-7-10(14)3-4-11(12)15-8-13(16)17/h3-4,7,9,15H,5-6,8H2,1-2H3. The molecule has 0 radical (unpaired) electrons. The molecule has 3 nitrogen and oxygen atoms in total. The van der Waals surface area contributed by atoms with Gasteiger partial charge in [-0.1, -0.05) is 29.8 Å². The number of rotatable bonds is 3. The lowest BCUT2D eigenvalue weighted by atomic mass is 10.1. The first-order valence-corrected chi connectivity index (χ1v) is 6.71. The number of hydrogen-bond donors (Lipinski definition) is 1. The van der Waals surface area contributed by atoms with Crippen LogP contribution in [0.1, 0.15) is 20.3 Å². The zero-order valence-corrected chi connectivity index (χ0v) is 11.8. The quantitative estimate of drug-likeness (QED) is 0.929. The molecule has 0 unspecified atom stereocenters. The first-order chi connectivity index (χ1) is 8.08. The summed E-state index contributed by atoms with van der Waals surface area (Å²) in [6.45, 7) is 5.54. The first kappa shape index (κ1) is 12.4. The Bertz CT molecular complexity index is 431. The van der Waals surface area contributed by atoms with Gasteiger partial charge in [0.05, 0.1) is 17.9 Å². The lowest BCUT2D eigenvalue weighted by Gasteiger charge is -2.30. The van der Waals surface area contributed by atoms with Crippen molar-refractivity contribution in [3.8, 4) is 0 Å². The van der Waals surface area contributed by atoms with Gasteiger partial charge in [-0.15, -0.1) is 0 Å². The van der Waals surface area contributed by atoms with Crippen molar-refractivity contribution in [1.82, 2.24) is 0 Å². The Hall–Kier alpha value is -1.03. The molecule has 1 aromatic rings. The molecule has 0 fully saturated rings. The van der Waals surface area contributed by atoms with E-state index in [1.54, 1.807) is 0 Å². The van der Waals surface area contributed by atoms with Gasteiger partial charge in [-0.05, 0) is 30.5 Å². The Morgan fingerprint density at radius 3 is 2.94 bits per heavy atom. The van der Waals surface area contributed by atoms with Crippen LogP contribution in [0.4, 0.5) is 11.4 Å². The Morgan fingerprint density at radius 1 is 1.47 bits per heavy atom. The van der Waals surface area contributed by atoms with Crippen LogP contribution in [-0.4, -0.2) is 19.0 Å². The SMILES string of the molecule is CC(C)CCN1C(=O)CNc2ccc(Br)cc21. The second kappa shape index (κ2) is 5.08. The van der Waals surface area contributed by atoms with Gasteiger partial charge in [0.2, 0.25) is 5.91 Å². The average Bonchev–Trinajstić information content (AvgIpc) is 2.27. The molecule has 0 bridgehead atoms. The lowest BCUT2D eigenvalue weighted by Crippen LogP contribution is -2.40. The number of carbonyl (C=O) groups excluding carboxylic acids is 1. The molecule has 0 saturated carbocycles. The molecule has 1 N–H and O–H groups in total. The molecule has 4 heteroatoms. The minimum atomic E-state index is 0.149. The number of hydrogen-bond acceptors (Lipinski definition) is 2. The number of amides is 1. The maximum Gasteiger partial charge on any atom is 0.246 e. The highest BCUT2D eigenvalue weighted by Gasteiger charge is 2.23. The number of fused-ring (bicyclic) bond motifs is 1. The van der Waals surface area contributed by atoms with Crippen molar-refractivity contribution in [1.29, 1.82) is 0 Å². The van der Waals surface area contributed by atoms with Crippen molar-refractivity contribution in [2.75, 3.05) is 23.3 Å². The molecule has 1 aromatic carbocycles. The zero-order chi connectivity index (χ0) is 12.4. The van der Waals surface area contributed by atoms with Gasteiger partial charge >= 0.3 is 0 Å². The predicted molar refractivity (Wildman–Crippen MR) is 74.4 cm³/mol. The Kier molecular flexibility index (Phi) is 3.72. The molecule has 0 atom stereocenters. The van der Waals surface area contributed by atoms with E-state index in [-0.39, 0.29) is 5.91 Å². The van der Waals surface area contributed by atoms with Gasteiger partial charge in [0.25, 0.3) is 0 Å². The molecule has 0 aliphatic carbocycles. The number of benzene rings is 1. The van der Waals surface area contributed by atoms with E-state index in [1.807, 2.05) is 23.1 Å². The summed E-state index contributed by atoms with van der Waals surface area (Å²) in [5, 5.41) is 3.15. The second-order valence-corrected chi connectivity index (χ2v) is 5.66. The largest absolute Gasteiger partial charge is 0.374 e. The number of anilines is 2. The van der Waals surface area contributed by atoms with Gasteiger partial charge in [0.15, 0.2) is 0 Å². The molecule has 0 spiro atoms. The van der Waals surface area contributed by atoms with E-state index < -0.39 is 0 Å². The number of nitrogens with zero attached hydrogens (tertiary/aromatic N) is 1. The van der Waals surface area contributed by atoms with Gasteiger partial charge in [0.1, 0.15) is 0 Å². The van der Waals surface area contributed by atoms with Crippen molar-refractivity contribution in [2.24, 2.45) is 5.92 Å². The van der Waals surface area contributed by atoms with E-state index in [9.17, 15) is 4.79 Å². The van der Waals surface area contributed by atoms with E-state index in [1.165, 1.54) is 0 Å². The second-order valence-electron chi connectivity index (χ2n) is 4.74. The van der Waals surface area contributed by atoms with Crippen molar-refractivity contribution in [3.63, 3.8) is 0 Å². The predicted octanol–water partition coefficient (Wildman–Crippen LogP) is 3.25. The van der Waals surface area contributed by atoms with Crippen LogP contribution in [0, 0.1) is 5.92 Å². The zero-order valence-electron chi connectivity index (χ0n) is 10.2. The van der Waals surface area contributed by atoms with Crippen LogP contribution in [0.3, 0.4) is 0 Å². The lowest BCUT2D eigenvalue weighted by molar-refractivity contribution is -0.117. The molecule has 2 rings (SSSR count). The molecule has 1 heterocycles. The summed E-state index contributed by atoms with van der Waals surface area (Å²) >= 11 is 3.45. The van der Waals surface area contributed by atoms with Crippen LogP contribution < -0.4 is 10.2 Å². The van der Waals surface area contributed by atoms with Crippen molar-refractivity contribution < 1.29 is 4.79 Å². The van der Waals surface area contributed by atoms with Crippen LogP contribution in [0.5, 0.6) is 0 Å². The average molecular weight is 297 g/mol. The minimum Gasteiger partial charge on any atom is -0.374 e. The molecular formula is C13H17BrN2O. The van der Waals surface area contributed by atoms with Gasteiger partial charge in [-0.2, -0.15) is 0 Å². The van der Waals surface area contributed by atoms with Gasteiger partial charge in [0, 0.05) is 11.0 Å². The summed E-state index contributed by atoms with van der Waals surface area (Å²) in [5.41, 5.74) is 2.02. The molecule has 17 heavy (non-hydrogen) atoms. The van der Waals surface area contributed by atoms with E-state index in [0.717, 1.165) is 28.8 Å². The van der Waals surface area contributed by atoms with E-state index in [4.69, 9.17) is 0 Å². The summed E-state index contributed by atoms with van der Waals surface area (Å²) in [4.78, 5) is 13.8. The Balaban J connectivity index is 2.26. The maximum absolute atomic E-state index is 11.9. The molecule has 0 saturated heterocycles. The molecule has 1 aliphatic heterocycles. The van der Waals surface area contributed by atoms with Crippen molar-refractivity contribution >= 4 is 33.2 Å². The van der Waals surface area contributed by atoms with Crippen molar-refractivity contribution in [2.45, 2.75) is 20.3 Å². The smallest absolute Gasteiger partial charge is 0.246 e. The third kappa shape index (κ3) is 2.80. The minimum absolute atomic E-state index is 0.149. The fraction of sp³-hybridized carbons (Fsp3) is 0.462. The summed E-state index contributed by atoms with van der Waals surface area (Å²) < 4.78 is 1.00. The third-order valence-electron chi connectivity index (χ3n) is 2.91. The molecule has 1 amide bonds. The summed E-state index contributed by atoms with van der Waals surface area (Å²) in [5.74, 6) is 0.754. The summed E-state index contributed by atoms with van der Waals surface area (Å²) in [6.07, 6.45) is 1.03. The van der Waals surface area contributed by atoms with E-state index >= 15 is 0 Å². The van der Waals surface area contributed by atoms with Crippen LogP contribution in [0.25, 0.3) is 0 Å². The topological polar surface area (TPSA) is 32.3 Å². The highest BCUT2D eigenvalue weighted by Crippen LogP contribution is 2.32. The summed E-state index contributed by atoms with van der Waals surface area (Å²) in [6, 6.07) is 6.00. The fourth-order valence-corrected chi connectivity index (χ4v) is 2.26. The van der Waals surface area contributed by atoms with Gasteiger partial charge in [-0.25, -0.2) is 0 Å². The van der Waals surface area contributed by atoms with Gasteiger partial charge < -0.3 is 10.2 Å². The van der Waals surface area contributed by atoms with Crippen LogP contribution in [0.15, 0.2) is 22.7 Å². The Labute approximate surface area is 110 Å². The van der Waals surface area contributed by atoms with E-state index in [2.05, 4.69) is 35.1 Å². The van der Waals surface area contributed by atoms with Crippen LogP contribution >= 0.6 is 15.9 Å². The molecule has 92 valence electrons. The normalized spacial score (nSPS) is 14.8. The number of carbonyl (C=O) groups is 1. The van der Waals surface area contributed by atoms with Crippen molar-refractivity contribution in [3.05, 3.63) is 22.7 Å². The maximum atomic E-state index is 11.9. The highest BCUT2D eigenvalue weighted by molar-refractivity contribution is 9.10. The van der Waals surface area contributed by atoms with Gasteiger partial charge in [-0.3, -0.25) is 4.79 Å². The highest BCUT2D eigenvalue weighted by atomic mass is 79.9. The molecule has 1 aliphatic rings. The van der Waals surface area contributed by atoms with Crippen LogP contribution in [-0.2, 0) is 4.79 Å². The molecular weight excluding hydrogens is 280 g/mol. The number of nitrogens with one attached hydrogen (secondary N) is 1. The third-order valence-corrected chi connectivity index (χ3v) is 3.41. The van der Waals surface area contributed by atoms with Crippen LogP contribution in [0.2, 0.25) is 0 Å². The Morgan fingerprint density at radius 2 is 2.24 bits per heavy atom. The number of halogens is 1. The first-order valence-electron chi connectivity index (χ1n) is 5.91. The molecule has 0 aromatic heterocycles. The van der Waals surface area contributed by atoms with E-state index in [0.29, 0.717) is 12.5 Å². The summed E-state index contributed by atoms with van der Waals surface area (Å²) in [7, 11) is 0.